The number of ether oxygens (including phenoxy) is 2. The zero-order chi connectivity index (χ0) is 25.5. The summed E-state index contributed by atoms with van der Waals surface area (Å²) in [6.45, 7) is 7.42. The molecule has 0 bridgehead atoms. The van der Waals surface area contributed by atoms with Gasteiger partial charge in [0, 0.05) is 33.3 Å². The van der Waals surface area contributed by atoms with Gasteiger partial charge in [0.1, 0.15) is 21.9 Å². The normalized spacial score (nSPS) is 12.7. The number of rotatable bonds is 5. The van der Waals surface area contributed by atoms with Gasteiger partial charge in [-0.1, -0.05) is 19.1 Å². The molecule has 1 atom stereocenters. The number of hydrogen-bond acceptors (Lipinski definition) is 5. The summed E-state index contributed by atoms with van der Waals surface area (Å²) in [6.07, 6.45) is -0.541. The van der Waals surface area contributed by atoms with Crippen LogP contribution in [-0.4, -0.2) is 30.3 Å². The van der Waals surface area contributed by atoms with E-state index < -0.39 is 17.5 Å². The molecule has 184 valence electrons. The first-order chi connectivity index (χ1) is 16.5. The van der Waals surface area contributed by atoms with E-state index in [1.807, 2.05) is 24.4 Å². The lowest BCUT2D eigenvalue weighted by Crippen LogP contribution is -2.34. The summed E-state index contributed by atoms with van der Waals surface area (Å²) in [4.78, 5) is 27.5. The van der Waals surface area contributed by atoms with Crippen molar-refractivity contribution in [2.75, 3.05) is 13.7 Å². The number of carbonyl (C=O) groups excluding carboxylic acids is 1. The van der Waals surface area contributed by atoms with Gasteiger partial charge in [0.05, 0.1) is 12.6 Å². The van der Waals surface area contributed by atoms with E-state index in [0.717, 1.165) is 10.8 Å². The SMILES string of the molecule is COc1cc(Br)c2[nH]c(=O)c3sccc3c2c1-c1ccc(C(C)CNC(=O)OC(C)(C)C)c(F)c1. The van der Waals surface area contributed by atoms with Gasteiger partial charge in [0.2, 0.25) is 0 Å². The minimum Gasteiger partial charge on any atom is -0.496 e. The molecule has 0 aliphatic heterocycles. The van der Waals surface area contributed by atoms with Crippen molar-refractivity contribution >= 4 is 54.3 Å². The summed E-state index contributed by atoms with van der Waals surface area (Å²) in [5, 5.41) is 6.11. The summed E-state index contributed by atoms with van der Waals surface area (Å²) >= 11 is 4.88. The Balaban J connectivity index is 1.75. The van der Waals surface area contributed by atoms with Crippen LogP contribution in [0, 0.1) is 5.82 Å². The Labute approximate surface area is 214 Å². The van der Waals surface area contributed by atoms with E-state index in [4.69, 9.17) is 9.47 Å². The lowest BCUT2D eigenvalue weighted by molar-refractivity contribution is 0.0525. The Bertz CT molecular complexity index is 1490. The Hall–Kier alpha value is -2.91. The van der Waals surface area contributed by atoms with Crippen molar-refractivity contribution in [1.29, 1.82) is 0 Å². The average Bonchev–Trinajstić information content (AvgIpc) is 3.27. The quantitative estimate of drug-likeness (QED) is 0.277. The maximum absolute atomic E-state index is 15.4. The van der Waals surface area contributed by atoms with Crippen molar-refractivity contribution in [1.82, 2.24) is 10.3 Å². The number of amides is 1. The third kappa shape index (κ3) is 5.06. The summed E-state index contributed by atoms with van der Waals surface area (Å²) in [7, 11) is 1.56. The molecule has 6 nitrogen and oxygen atoms in total. The number of aromatic amines is 1. The predicted molar refractivity (Wildman–Crippen MR) is 142 cm³/mol. The molecular formula is C26H26BrFN2O4S. The molecule has 4 aromatic rings. The standard InChI is InChI=1S/C26H26BrFN2O4S/c1-13(12-29-25(32)34-26(2,3)4)15-7-6-14(10-18(15)28)20-19(33-5)11-17(27)22-21(20)16-8-9-35-23(16)24(31)30-22/h6-11,13H,12H2,1-5H3,(H,29,32)(H,30,31). The van der Waals surface area contributed by atoms with Gasteiger partial charge in [-0.25, -0.2) is 9.18 Å². The van der Waals surface area contributed by atoms with E-state index in [1.165, 1.54) is 17.4 Å². The van der Waals surface area contributed by atoms with Crippen molar-refractivity contribution in [2.24, 2.45) is 0 Å². The fourth-order valence-corrected chi connectivity index (χ4v) is 5.36. The molecule has 2 aromatic heterocycles. The molecule has 4 rings (SSSR count). The number of alkyl carbamates (subject to hydrolysis) is 1. The van der Waals surface area contributed by atoms with E-state index in [-0.39, 0.29) is 18.0 Å². The Morgan fingerprint density at radius 3 is 2.66 bits per heavy atom. The number of H-pyrrole nitrogens is 1. The number of aromatic nitrogens is 1. The van der Waals surface area contributed by atoms with Crippen LogP contribution in [0.4, 0.5) is 9.18 Å². The van der Waals surface area contributed by atoms with Crippen LogP contribution in [0.3, 0.4) is 0 Å². The lowest BCUT2D eigenvalue weighted by Gasteiger charge is -2.21. The van der Waals surface area contributed by atoms with Gasteiger partial charge in [-0.15, -0.1) is 11.3 Å². The molecule has 0 fully saturated rings. The van der Waals surface area contributed by atoms with Gasteiger partial charge in [-0.3, -0.25) is 4.79 Å². The second-order valence-electron chi connectivity index (χ2n) is 9.32. The first-order valence-corrected chi connectivity index (χ1v) is 12.7. The Kier molecular flexibility index (Phi) is 6.92. The van der Waals surface area contributed by atoms with Crippen LogP contribution in [0.2, 0.25) is 0 Å². The smallest absolute Gasteiger partial charge is 0.407 e. The third-order valence-corrected chi connectivity index (χ3v) is 7.15. The molecule has 35 heavy (non-hydrogen) atoms. The van der Waals surface area contributed by atoms with E-state index in [2.05, 4.69) is 26.2 Å². The molecule has 0 saturated carbocycles. The highest BCUT2D eigenvalue weighted by molar-refractivity contribution is 9.10. The van der Waals surface area contributed by atoms with Crippen LogP contribution >= 0.6 is 27.3 Å². The van der Waals surface area contributed by atoms with E-state index in [1.54, 1.807) is 40.0 Å². The van der Waals surface area contributed by atoms with Gasteiger partial charge in [0.15, 0.2) is 0 Å². The first-order valence-electron chi connectivity index (χ1n) is 11.1. The van der Waals surface area contributed by atoms with Crippen LogP contribution in [0.15, 0.2) is 45.0 Å². The van der Waals surface area contributed by atoms with E-state index >= 15 is 4.39 Å². The molecule has 2 aromatic carbocycles. The third-order valence-electron chi connectivity index (χ3n) is 5.61. The van der Waals surface area contributed by atoms with Gasteiger partial charge >= 0.3 is 6.09 Å². The van der Waals surface area contributed by atoms with Gasteiger partial charge in [-0.2, -0.15) is 0 Å². The number of benzene rings is 2. The fraction of sp³-hybridized carbons (Fsp3) is 0.308. The molecule has 0 aliphatic carbocycles. The van der Waals surface area contributed by atoms with E-state index in [0.29, 0.717) is 37.1 Å². The topological polar surface area (TPSA) is 80.4 Å². The molecule has 1 unspecified atom stereocenters. The maximum atomic E-state index is 15.4. The van der Waals surface area contributed by atoms with Crippen LogP contribution < -0.4 is 15.6 Å². The molecule has 1 amide bonds. The van der Waals surface area contributed by atoms with Crippen LogP contribution in [0.25, 0.3) is 32.1 Å². The summed E-state index contributed by atoms with van der Waals surface area (Å²) in [5.74, 6) is -0.124. The average molecular weight is 561 g/mol. The molecule has 0 saturated heterocycles. The molecule has 2 heterocycles. The number of halogens is 2. The second kappa shape index (κ2) is 9.62. The molecule has 2 N–H and O–H groups in total. The van der Waals surface area contributed by atoms with Gasteiger partial charge in [0.25, 0.3) is 5.56 Å². The molecular weight excluding hydrogens is 535 g/mol. The van der Waals surface area contributed by atoms with Crippen molar-refractivity contribution in [3.63, 3.8) is 0 Å². The molecule has 0 spiro atoms. The second-order valence-corrected chi connectivity index (χ2v) is 11.1. The number of carbonyl (C=O) groups is 1. The van der Waals surface area contributed by atoms with Crippen molar-refractivity contribution in [3.05, 3.63) is 61.9 Å². The van der Waals surface area contributed by atoms with E-state index in [9.17, 15) is 9.59 Å². The van der Waals surface area contributed by atoms with Crippen LogP contribution in [0.1, 0.15) is 39.2 Å². The molecule has 9 heteroatoms. The minimum atomic E-state index is -0.606. The molecule has 0 radical (unpaired) electrons. The first kappa shape index (κ1) is 25.2. The highest BCUT2D eigenvalue weighted by Crippen LogP contribution is 2.43. The van der Waals surface area contributed by atoms with Crippen molar-refractivity contribution in [3.8, 4) is 16.9 Å². The number of nitrogens with one attached hydrogen (secondary N) is 2. The Morgan fingerprint density at radius 1 is 1.26 bits per heavy atom. The number of fused-ring (bicyclic) bond motifs is 3. The zero-order valence-electron chi connectivity index (χ0n) is 20.0. The maximum Gasteiger partial charge on any atom is 0.407 e. The van der Waals surface area contributed by atoms with Crippen LogP contribution in [-0.2, 0) is 4.74 Å². The highest BCUT2D eigenvalue weighted by Gasteiger charge is 2.21. The number of pyridine rings is 1. The largest absolute Gasteiger partial charge is 0.496 e. The fourth-order valence-electron chi connectivity index (χ4n) is 4.06. The summed E-state index contributed by atoms with van der Waals surface area (Å²) < 4.78 is 27.6. The number of hydrogen-bond donors (Lipinski definition) is 2. The highest BCUT2D eigenvalue weighted by atomic mass is 79.9. The van der Waals surface area contributed by atoms with Crippen LogP contribution in [0.5, 0.6) is 5.75 Å². The lowest BCUT2D eigenvalue weighted by atomic mass is 9.93. The number of methoxy groups -OCH3 is 1. The minimum absolute atomic E-state index is 0.174. The summed E-state index contributed by atoms with van der Waals surface area (Å²) in [6, 6.07) is 8.67. The van der Waals surface area contributed by atoms with Crippen molar-refractivity contribution in [2.45, 2.75) is 39.2 Å². The number of thiophene rings is 1. The van der Waals surface area contributed by atoms with Gasteiger partial charge in [-0.05, 0) is 71.4 Å². The molecule has 0 aliphatic rings. The predicted octanol–water partition coefficient (Wildman–Crippen LogP) is 6.95. The van der Waals surface area contributed by atoms with Crippen molar-refractivity contribution < 1.29 is 18.7 Å². The summed E-state index contributed by atoms with van der Waals surface area (Å²) in [5.41, 5.74) is 1.62. The zero-order valence-corrected chi connectivity index (χ0v) is 22.4. The monoisotopic (exact) mass is 560 g/mol. The Morgan fingerprint density at radius 2 is 2.00 bits per heavy atom. The van der Waals surface area contributed by atoms with Gasteiger partial charge < -0.3 is 19.8 Å².